The molecule has 2 rings (SSSR count). The lowest BCUT2D eigenvalue weighted by molar-refractivity contribution is -0.133. The second-order valence-corrected chi connectivity index (χ2v) is 6.78. The maximum Gasteiger partial charge on any atom is 0.328 e. The minimum absolute atomic E-state index is 0.0761. The molecule has 6 nitrogen and oxygen atoms in total. The zero-order valence-corrected chi connectivity index (χ0v) is 14.4. The second-order valence-electron chi connectivity index (χ2n) is 6.00. The summed E-state index contributed by atoms with van der Waals surface area (Å²) in [6, 6.07) is 1.99. The summed E-state index contributed by atoms with van der Waals surface area (Å²) in [6.07, 6.45) is 1.43. The van der Waals surface area contributed by atoms with Crippen LogP contribution in [0.5, 0.6) is 0 Å². The molecule has 2 aromatic rings. The van der Waals surface area contributed by atoms with Gasteiger partial charge in [0, 0.05) is 24.8 Å². The van der Waals surface area contributed by atoms with Crippen molar-refractivity contribution < 1.29 is 4.79 Å². The van der Waals surface area contributed by atoms with Gasteiger partial charge in [-0.15, -0.1) is 0 Å². The summed E-state index contributed by atoms with van der Waals surface area (Å²) < 4.78 is 1.25. The molecular weight excluding hydrogens is 314 g/mol. The van der Waals surface area contributed by atoms with Gasteiger partial charge in [-0.2, -0.15) is 11.3 Å². The molecule has 0 bridgehead atoms. The smallest absolute Gasteiger partial charge is 0.328 e. The lowest BCUT2D eigenvalue weighted by atomic mass is 10.2. The summed E-state index contributed by atoms with van der Waals surface area (Å²) in [6.45, 7) is 6.77. The van der Waals surface area contributed by atoms with E-state index in [0.717, 1.165) is 5.56 Å². The van der Waals surface area contributed by atoms with Crippen molar-refractivity contribution in [1.82, 2.24) is 14.5 Å². The molecule has 0 saturated carbocycles. The highest BCUT2D eigenvalue weighted by molar-refractivity contribution is 7.07. The number of amides is 1. The third-order valence-electron chi connectivity index (χ3n) is 3.39. The lowest BCUT2D eigenvalue weighted by Crippen LogP contribution is -2.40. The fourth-order valence-electron chi connectivity index (χ4n) is 2.28. The molecule has 0 radical (unpaired) electrons. The molecular formula is C16H21N3O3S. The predicted molar refractivity (Wildman–Crippen MR) is 90.6 cm³/mol. The van der Waals surface area contributed by atoms with Crippen molar-refractivity contribution in [2.45, 2.75) is 33.9 Å². The summed E-state index contributed by atoms with van der Waals surface area (Å²) >= 11 is 1.59. The number of thiophene rings is 1. The van der Waals surface area contributed by atoms with Crippen molar-refractivity contribution in [3.05, 3.63) is 55.0 Å². The van der Waals surface area contributed by atoms with Crippen LogP contribution in [0.15, 0.2) is 32.6 Å². The molecule has 2 heterocycles. The first kappa shape index (κ1) is 17.2. The minimum atomic E-state index is -0.561. The summed E-state index contributed by atoms with van der Waals surface area (Å²) in [5, 5.41) is 3.99. The van der Waals surface area contributed by atoms with E-state index in [4.69, 9.17) is 0 Å². The minimum Gasteiger partial charge on any atom is -0.337 e. The number of hydrogen-bond donors (Lipinski definition) is 1. The summed E-state index contributed by atoms with van der Waals surface area (Å²) in [7, 11) is 0. The molecule has 0 saturated heterocycles. The number of aromatic amines is 1. The number of aromatic nitrogens is 2. The van der Waals surface area contributed by atoms with E-state index in [1.807, 2.05) is 30.7 Å². The highest BCUT2D eigenvalue weighted by Gasteiger charge is 2.17. The Morgan fingerprint density at radius 2 is 2.13 bits per heavy atom. The van der Waals surface area contributed by atoms with E-state index in [1.54, 1.807) is 23.2 Å². The monoisotopic (exact) mass is 335 g/mol. The number of rotatable bonds is 6. The molecule has 0 fully saturated rings. The van der Waals surface area contributed by atoms with Gasteiger partial charge in [-0.3, -0.25) is 19.1 Å². The Balaban J connectivity index is 2.18. The van der Waals surface area contributed by atoms with Crippen molar-refractivity contribution in [1.29, 1.82) is 0 Å². The van der Waals surface area contributed by atoms with E-state index in [9.17, 15) is 14.4 Å². The van der Waals surface area contributed by atoms with E-state index in [2.05, 4.69) is 4.98 Å². The average molecular weight is 335 g/mol. The quantitative estimate of drug-likeness (QED) is 0.871. The van der Waals surface area contributed by atoms with Crippen LogP contribution in [0.25, 0.3) is 0 Å². The molecule has 2 aromatic heterocycles. The number of carbonyl (C=O) groups is 1. The molecule has 124 valence electrons. The van der Waals surface area contributed by atoms with E-state index in [0.29, 0.717) is 24.6 Å². The van der Waals surface area contributed by atoms with E-state index in [1.165, 1.54) is 10.8 Å². The van der Waals surface area contributed by atoms with Crippen LogP contribution in [0.3, 0.4) is 0 Å². The zero-order chi connectivity index (χ0) is 17.0. The van der Waals surface area contributed by atoms with Crippen LogP contribution < -0.4 is 11.2 Å². The van der Waals surface area contributed by atoms with Crippen LogP contribution in [-0.2, 0) is 17.9 Å². The van der Waals surface area contributed by atoms with Crippen molar-refractivity contribution in [3.63, 3.8) is 0 Å². The fourth-order valence-corrected chi connectivity index (χ4v) is 2.94. The fraction of sp³-hybridized carbons (Fsp3) is 0.438. The maximum atomic E-state index is 12.6. The van der Waals surface area contributed by atoms with Gasteiger partial charge >= 0.3 is 5.69 Å². The molecule has 0 aliphatic carbocycles. The first-order valence-corrected chi connectivity index (χ1v) is 8.40. The maximum absolute atomic E-state index is 12.6. The molecule has 1 N–H and O–H groups in total. The molecule has 0 aromatic carbocycles. The van der Waals surface area contributed by atoms with Gasteiger partial charge in [-0.1, -0.05) is 13.8 Å². The molecule has 1 amide bonds. The Bertz CT molecular complexity index is 775. The largest absolute Gasteiger partial charge is 0.337 e. The number of carbonyl (C=O) groups excluding carboxylic acids is 1. The number of aryl methyl sites for hydroxylation is 1. The number of nitrogens with one attached hydrogen (secondary N) is 1. The van der Waals surface area contributed by atoms with Gasteiger partial charge in [-0.05, 0) is 35.2 Å². The average Bonchev–Trinajstić information content (AvgIpc) is 2.96. The second kappa shape index (κ2) is 7.41. The van der Waals surface area contributed by atoms with Gasteiger partial charge in [0.25, 0.3) is 5.56 Å². The highest BCUT2D eigenvalue weighted by atomic mass is 32.1. The van der Waals surface area contributed by atoms with Crippen LogP contribution in [0, 0.1) is 12.8 Å². The van der Waals surface area contributed by atoms with Crippen molar-refractivity contribution in [2.75, 3.05) is 6.54 Å². The molecule has 0 unspecified atom stereocenters. The van der Waals surface area contributed by atoms with Crippen molar-refractivity contribution in [3.8, 4) is 0 Å². The third-order valence-corrected chi connectivity index (χ3v) is 4.12. The van der Waals surface area contributed by atoms with Gasteiger partial charge in [0.2, 0.25) is 5.91 Å². The molecule has 0 spiro atoms. The molecule has 7 heteroatoms. The highest BCUT2D eigenvalue weighted by Crippen LogP contribution is 2.11. The van der Waals surface area contributed by atoms with Gasteiger partial charge in [0.1, 0.15) is 6.54 Å². The molecule has 0 aliphatic heterocycles. The van der Waals surface area contributed by atoms with E-state index in [-0.39, 0.29) is 12.5 Å². The summed E-state index contributed by atoms with van der Waals surface area (Å²) in [5.74, 6) is 0.185. The van der Waals surface area contributed by atoms with Crippen LogP contribution >= 0.6 is 11.3 Å². The molecule has 0 aliphatic rings. The number of H-pyrrole nitrogens is 1. The van der Waals surface area contributed by atoms with E-state index < -0.39 is 11.2 Å². The van der Waals surface area contributed by atoms with Gasteiger partial charge in [0.15, 0.2) is 0 Å². The van der Waals surface area contributed by atoms with Crippen LogP contribution in [0.1, 0.15) is 25.0 Å². The standard InChI is InChI=1S/C16H21N3O3S/c1-11(2)6-18(8-13-4-5-23-10-13)14(20)9-19-7-12(3)15(21)17-16(19)22/h4-5,7,10-11H,6,8-9H2,1-3H3,(H,17,21,22). The number of hydrogen-bond acceptors (Lipinski definition) is 4. The molecule has 0 atom stereocenters. The van der Waals surface area contributed by atoms with Gasteiger partial charge < -0.3 is 4.90 Å². The number of nitrogens with zero attached hydrogens (tertiary/aromatic N) is 2. The normalized spacial score (nSPS) is 11.0. The predicted octanol–water partition coefficient (Wildman–Crippen LogP) is 1.59. The Labute approximate surface area is 138 Å². The Hall–Kier alpha value is -2.15. The van der Waals surface area contributed by atoms with Gasteiger partial charge in [-0.25, -0.2) is 4.79 Å². The first-order chi connectivity index (χ1) is 10.9. The van der Waals surface area contributed by atoms with E-state index >= 15 is 0 Å². The first-order valence-electron chi connectivity index (χ1n) is 7.46. The Kier molecular flexibility index (Phi) is 5.54. The summed E-state index contributed by atoms with van der Waals surface area (Å²) in [5.41, 5.74) is 0.504. The molecule has 23 heavy (non-hydrogen) atoms. The van der Waals surface area contributed by atoms with Crippen LogP contribution in [0.4, 0.5) is 0 Å². The Morgan fingerprint density at radius 3 is 2.74 bits per heavy atom. The SMILES string of the molecule is Cc1cn(CC(=O)N(Cc2ccsc2)CC(C)C)c(=O)[nH]c1=O. The Morgan fingerprint density at radius 1 is 1.39 bits per heavy atom. The van der Waals surface area contributed by atoms with Crippen LogP contribution in [0.2, 0.25) is 0 Å². The zero-order valence-electron chi connectivity index (χ0n) is 13.5. The van der Waals surface area contributed by atoms with Crippen molar-refractivity contribution >= 4 is 17.2 Å². The third kappa shape index (κ3) is 4.66. The summed E-state index contributed by atoms with van der Waals surface area (Å²) in [4.78, 5) is 39.8. The van der Waals surface area contributed by atoms with Crippen molar-refractivity contribution in [2.24, 2.45) is 5.92 Å². The van der Waals surface area contributed by atoms with Crippen LogP contribution in [-0.4, -0.2) is 26.9 Å². The topological polar surface area (TPSA) is 75.2 Å². The lowest BCUT2D eigenvalue weighted by Gasteiger charge is -2.24. The van der Waals surface area contributed by atoms with Gasteiger partial charge in [0.05, 0.1) is 0 Å².